The number of ether oxygens (including phenoxy) is 1. The second kappa shape index (κ2) is 8.25. The lowest BCUT2D eigenvalue weighted by Gasteiger charge is -2.21. The molecule has 0 amide bonds. The Morgan fingerprint density at radius 3 is 2.77 bits per heavy atom. The Bertz CT molecular complexity index is 950. The van der Waals surface area contributed by atoms with E-state index < -0.39 is 0 Å². The van der Waals surface area contributed by atoms with Crippen LogP contribution in [0, 0.1) is 6.92 Å². The predicted octanol–water partition coefficient (Wildman–Crippen LogP) is 2.63. The zero-order valence-corrected chi connectivity index (χ0v) is 15.7. The first-order valence-electron chi connectivity index (χ1n) is 8.45. The molecule has 2 heterocycles. The van der Waals surface area contributed by atoms with Crippen LogP contribution in [-0.2, 0) is 22.6 Å². The van der Waals surface area contributed by atoms with E-state index in [-0.39, 0.29) is 18.1 Å². The van der Waals surface area contributed by atoms with Crippen molar-refractivity contribution in [1.29, 1.82) is 0 Å². The molecule has 7 heteroatoms. The van der Waals surface area contributed by atoms with Gasteiger partial charge in [0, 0.05) is 30.2 Å². The van der Waals surface area contributed by atoms with Gasteiger partial charge in [0.1, 0.15) is 0 Å². The van der Waals surface area contributed by atoms with Crippen LogP contribution in [0.5, 0.6) is 0 Å². The van der Waals surface area contributed by atoms with Crippen molar-refractivity contribution in [2.75, 3.05) is 13.2 Å². The first kappa shape index (κ1) is 18.3. The number of nitrogens with zero attached hydrogens (tertiary/aromatic N) is 3. The molecule has 3 rings (SSSR count). The minimum atomic E-state index is -0.284. The van der Waals surface area contributed by atoms with Gasteiger partial charge in [-0.15, -0.1) is 11.3 Å². The van der Waals surface area contributed by atoms with Crippen LogP contribution in [0.25, 0.3) is 4.96 Å². The fraction of sp³-hybridized carbons (Fsp3) is 0.316. The highest BCUT2D eigenvalue weighted by Gasteiger charge is 2.15. The summed E-state index contributed by atoms with van der Waals surface area (Å²) in [6.45, 7) is 5.13. The molecule has 136 valence electrons. The molecule has 0 atom stereocenters. The fourth-order valence-corrected chi connectivity index (χ4v) is 3.70. The standard InChI is InChI=1S/C19H21N3O3S/c1-3-25-18(24)12-21(10-15-7-5-4-6-8-15)11-16-9-17(23)22-14(2)13-26-19(22)20-16/h4-9,13H,3,10-12H2,1-2H3. The van der Waals surface area contributed by atoms with E-state index in [1.54, 1.807) is 11.3 Å². The summed E-state index contributed by atoms with van der Waals surface area (Å²) in [5.41, 5.74) is 2.51. The summed E-state index contributed by atoms with van der Waals surface area (Å²) in [5, 5.41) is 1.91. The van der Waals surface area contributed by atoms with Crippen molar-refractivity contribution in [3.63, 3.8) is 0 Å². The maximum Gasteiger partial charge on any atom is 0.320 e. The second-order valence-corrected chi connectivity index (χ2v) is 6.85. The van der Waals surface area contributed by atoms with Crippen LogP contribution in [-0.4, -0.2) is 33.4 Å². The van der Waals surface area contributed by atoms with E-state index in [9.17, 15) is 9.59 Å². The maximum atomic E-state index is 12.4. The number of esters is 1. The lowest BCUT2D eigenvalue weighted by atomic mass is 10.2. The molecule has 0 saturated carbocycles. The first-order valence-corrected chi connectivity index (χ1v) is 9.33. The van der Waals surface area contributed by atoms with Crippen LogP contribution < -0.4 is 5.56 Å². The van der Waals surface area contributed by atoms with Crippen molar-refractivity contribution < 1.29 is 9.53 Å². The number of fused-ring (bicyclic) bond motifs is 1. The predicted molar refractivity (Wildman–Crippen MR) is 101 cm³/mol. The molecule has 0 radical (unpaired) electrons. The van der Waals surface area contributed by atoms with Gasteiger partial charge >= 0.3 is 5.97 Å². The number of benzene rings is 1. The molecular weight excluding hydrogens is 350 g/mol. The Hall–Kier alpha value is -2.51. The Morgan fingerprint density at radius 2 is 2.04 bits per heavy atom. The van der Waals surface area contributed by atoms with Gasteiger partial charge in [0.05, 0.1) is 18.8 Å². The summed E-state index contributed by atoms with van der Waals surface area (Å²) >= 11 is 1.44. The van der Waals surface area contributed by atoms with Gasteiger partial charge in [0.15, 0.2) is 4.96 Å². The molecule has 0 N–H and O–H groups in total. The molecule has 1 aromatic carbocycles. The number of hydrogen-bond donors (Lipinski definition) is 0. The second-order valence-electron chi connectivity index (χ2n) is 6.02. The lowest BCUT2D eigenvalue weighted by Crippen LogP contribution is -2.31. The largest absolute Gasteiger partial charge is 0.465 e. The van der Waals surface area contributed by atoms with Crippen molar-refractivity contribution in [2.45, 2.75) is 26.9 Å². The van der Waals surface area contributed by atoms with E-state index in [4.69, 9.17) is 4.74 Å². The molecule has 0 fully saturated rings. The van der Waals surface area contributed by atoms with E-state index >= 15 is 0 Å². The highest BCUT2D eigenvalue weighted by molar-refractivity contribution is 7.15. The highest BCUT2D eigenvalue weighted by atomic mass is 32.1. The molecule has 0 aliphatic rings. The van der Waals surface area contributed by atoms with Crippen LogP contribution in [0.15, 0.2) is 46.6 Å². The van der Waals surface area contributed by atoms with E-state index in [1.165, 1.54) is 17.4 Å². The van der Waals surface area contributed by atoms with Gasteiger partial charge in [-0.2, -0.15) is 0 Å². The van der Waals surface area contributed by atoms with Gasteiger partial charge in [0.25, 0.3) is 5.56 Å². The topological polar surface area (TPSA) is 63.9 Å². The lowest BCUT2D eigenvalue weighted by molar-refractivity contribution is -0.144. The molecule has 0 aliphatic heterocycles. The smallest absolute Gasteiger partial charge is 0.320 e. The Morgan fingerprint density at radius 1 is 1.27 bits per heavy atom. The van der Waals surface area contributed by atoms with Gasteiger partial charge in [0.2, 0.25) is 0 Å². The number of carbonyl (C=O) groups is 1. The zero-order chi connectivity index (χ0) is 18.5. The Labute approximate surface area is 155 Å². The summed E-state index contributed by atoms with van der Waals surface area (Å²) in [6.07, 6.45) is 0. The number of aromatic nitrogens is 2. The fourth-order valence-electron chi connectivity index (χ4n) is 2.81. The summed E-state index contributed by atoms with van der Waals surface area (Å²) in [7, 11) is 0. The number of carbonyl (C=O) groups excluding carboxylic acids is 1. The van der Waals surface area contributed by atoms with Crippen molar-refractivity contribution >= 4 is 22.3 Å². The molecule has 0 aliphatic carbocycles. The van der Waals surface area contributed by atoms with Gasteiger partial charge in [-0.3, -0.25) is 18.9 Å². The molecule has 0 bridgehead atoms. The number of thiazole rings is 1. The summed E-state index contributed by atoms with van der Waals surface area (Å²) in [5.74, 6) is -0.284. The Kier molecular flexibility index (Phi) is 5.80. The van der Waals surface area contributed by atoms with Gasteiger partial charge in [-0.05, 0) is 19.4 Å². The Balaban J connectivity index is 1.84. The average Bonchev–Trinajstić information content (AvgIpc) is 2.97. The number of aryl methyl sites for hydroxylation is 1. The zero-order valence-electron chi connectivity index (χ0n) is 14.8. The monoisotopic (exact) mass is 371 g/mol. The molecule has 0 spiro atoms. The number of hydrogen-bond acceptors (Lipinski definition) is 6. The van der Waals surface area contributed by atoms with E-state index in [0.717, 1.165) is 11.3 Å². The molecule has 2 aromatic heterocycles. The van der Waals surface area contributed by atoms with E-state index in [2.05, 4.69) is 4.98 Å². The summed E-state index contributed by atoms with van der Waals surface area (Å²) in [4.78, 5) is 31.5. The quantitative estimate of drug-likeness (QED) is 0.598. The molecule has 0 saturated heterocycles. The minimum Gasteiger partial charge on any atom is -0.465 e. The van der Waals surface area contributed by atoms with Crippen LogP contribution in [0.3, 0.4) is 0 Å². The van der Waals surface area contributed by atoms with Crippen LogP contribution in [0.4, 0.5) is 0 Å². The van der Waals surface area contributed by atoms with Crippen molar-refractivity contribution in [3.8, 4) is 0 Å². The molecule has 0 unspecified atom stereocenters. The van der Waals surface area contributed by atoms with Crippen molar-refractivity contribution in [2.24, 2.45) is 0 Å². The third kappa shape index (κ3) is 4.36. The van der Waals surface area contributed by atoms with E-state index in [1.807, 2.05) is 47.5 Å². The SMILES string of the molecule is CCOC(=O)CN(Cc1ccccc1)Cc1cc(=O)n2c(C)csc2n1. The van der Waals surface area contributed by atoms with Crippen molar-refractivity contribution in [3.05, 3.63) is 69.1 Å². The molecule has 6 nitrogen and oxygen atoms in total. The normalized spacial score (nSPS) is 11.2. The van der Waals surface area contributed by atoms with Gasteiger partial charge in [-0.25, -0.2) is 4.98 Å². The minimum absolute atomic E-state index is 0.0976. The number of rotatable bonds is 7. The maximum absolute atomic E-state index is 12.4. The molecule has 26 heavy (non-hydrogen) atoms. The van der Waals surface area contributed by atoms with Gasteiger partial charge < -0.3 is 4.74 Å². The summed E-state index contributed by atoms with van der Waals surface area (Å²) < 4.78 is 6.68. The van der Waals surface area contributed by atoms with Crippen LogP contribution >= 0.6 is 11.3 Å². The summed E-state index contributed by atoms with van der Waals surface area (Å²) in [6, 6.07) is 11.4. The molecule has 3 aromatic rings. The van der Waals surface area contributed by atoms with Gasteiger partial charge in [-0.1, -0.05) is 30.3 Å². The highest BCUT2D eigenvalue weighted by Crippen LogP contribution is 2.13. The third-order valence-corrected chi connectivity index (χ3v) is 4.86. The van der Waals surface area contributed by atoms with Crippen LogP contribution in [0.2, 0.25) is 0 Å². The van der Waals surface area contributed by atoms with E-state index in [0.29, 0.717) is 30.4 Å². The first-order chi connectivity index (χ1) is 12.6. The van der Waals surface area contributed by atoms with Crippen molar-refractivity contribution in [1.82, 2.24) is 14.3 Å². The molecular formula is C19H21N3O3S. The average molecular weight is 371 g/mol. The third-order valence-electron chi connectivity index (χ3n) is 3.92. The van der Waals surface area contributed by atoms with Crippen LogP contribution in [0.1, 0.15) is 23.9 Å².